The number of carbonyl (C=O) groups is 1. The van der Waals surface area contributed by atoms with Crippen LogP contribution in [0.5, 0.6) is 0 Å². The van der Waals surface area contributed by atoms with Crippen molar-refractivity contribution in [2.45, 2.75) is 55.7 Å². The van der Waals surface area contributed by atoms with E-state index >= 15 is 0 Å². The van der Waals surface area contributed by atoms with Crippen molar-refractivity contribution in [1.82, 2.24) is 9.62 Å². The van der Waals surface area contributed by atoms with Crippen LogP contribution in [0.15, 0.2) is 21.7 Å². The van der Waals surface area contributed by atoms with Gasteiger partial charge in [-0.25, -0.2) is 8.42 Å². The Morgan fingerprint density at radius 3 is 2.42 bits per heavy atom. The third kappa shape index (κ3) is 4.00. The smallest absolute Gasteiger partial charge is 0.252 e. The van der Waals surface area contributed by atoms with Gasteiger partial charge in [0.15, 0.2) is 0 Å². The summed E-state index contributed by atoms with van der Waals surface area (Å²) in [5, 5.41) is 4.96. The highest BCUT2D eigenvalue weighted by Gasteiger charge is 2.33. The summed E-state index contributed by atoms with van der Waals surface area (Å²) in [7, 11) is -3.38. The first kappa shape index (κ1) is 17.9. The number of hydrogen-bond acceptors (Lipinski definition) is 4. The maximum atomic E-state index is 12.5. The van der Waals surface area contributed by atoms with Crippen LogP contribution < -0.4 is 5.32 Å². The molecule has 0 spiro atoms. The molecule has 1 aliphatic carbocycles. The van der Waals surface area contributed by atoms with E-state index in [-0.39, 0.29) is 11.8 Å². The van der Waals surface area contributed by atoms with E-state index in [1.54, 1.807) is 17.5 Å². The van der Waals surface area contributed by atoms with Crippen molar-refractivity contribution in [3.8, 4) is 0 Å². The highest BCUT2D eigenvalue weighted by atomic mass is 32.2. The lowest BCUT2D eigenvalue weighted by Gasteiger charge is -2.32. The second-order valence-electron chi connectivity index (χ2n) is 7.08. The highest BCUT2D eigenvalue weighted by molar-refractivity contribution is 7.91. The summed E-state index contributed by atoms with van der Waals surface area (Å²) < 4.78 is 26.9. The topological polar surface area (TPSA) is 66.5 Å². The molecule has 0 atom stereocenters. The van der Waals surface area contributed by atoms with Gasteiger partial charge in [0.2, 0.25) is 5.91 Å². The van der Waals surface area contributed by atoms with Gasteiger partial charge < -0.3 is 5.32 Å². The van der Waals surface area contributed by atoms with Crippen molar-refractivity contribution in [3.05, 3.63) is 17.5 Å². The maximum Gasteiger partial charge on any atom is 0.252 e. The molecule has 1 saturated heterocycles. The first-order valence-electron chi connectivity index (χ1n) is 8.81. The van der Waals surface area contributed by atoms with Crippen LogP contribution in [-0.2, 0) is 14.8 Å². The van der Waals surface area contributed by atoms with Gasteiger partial charge in [-0.2, -0.15) is 4.31 Å². The average Bonchev–Trinajstić information content (AvgIpc) is 3.12. The normalized spacial score (nSPS) is 27.0. The van der Waals surface area contributed by atoms with E-state index in [1.165, 1.54) is 28.5 Å². The zero-order valence-electron chi connectivity index (χ0n) is 14.1. The summed E-state index contributed by atoms with van der Waals surface area (Å²) in [6, 6.07) is 3.70. The van der Waals surface area contributed by atoms with Gasteiger partial charge >= 0.3 is 0 Å². The van der Waals surface area contributed by atoms with Gasteiger partial charge in [-0.3, -0.25) is 4.79 Å². The summed E-state index contributed by atoms with van der Waals surface area (Å²) in [5.41, 5.74) is 0. The van der Waals surface area contributed by atoms with Crippen LogP contribution in [-0.4, -0.2) is 37.8 Å². The van der Waals surface area contributed by atoms with E-state index < -0.39 is 10.0 Å². The quantitative estimate of drug-likeness (QED) is 0.886. The summed E-state index contributed by atoms with van der Waals surface area (Å²) in [5.74, 6) is 0.825. The fourth-order valence-electron chi connectivity index (χ4n) is 3.62. The first-order valence-corrected chi connectivity index (χ1v) is 11.1. The Hall–Kier alpha value is -0.920. The number of sulfonamides is 1. The van der Waals surface area contributed by atoms with Crippen molar-refractivity contribution >= 4 is 27.3 Å². The zero-order valence-corrected chi connectivity index (χ0v) is 15.7. The molecular formula is C17H26N2O3S2. The van der Waals surface area contributed by atoms with Crippen LogP contribution in [0.1, 0.15) is 45.4 Å². The van der Waals surface area contributed by atoms with Gasteiger partial charge in [0.1, 0.15) is 4.21 Å². The van der Waals surface area contributed by atoms with E-state index in [2.05, 4.69) is 12.2 Å². The van der Waals surface area contributed by atoms with Crippen molar-refractivity contribution in [2.24, 2.45) is 11.8 Å². The molecule has 0 bridgehead atoms. The van der Waals surface area contributed by atoms with E-state index in [4.69, 9.17) is 0 Å². The molecule has 1 amide bonds. The van der Waals surface area contributed by atoms with E-state index in [1.807, 2.05) is 0 Å². The second-order valence-corrected chi connectivity index (χ2v) is 10.2. The van der Waals surface area contributed by atoms with Crippen molar-refractivity contribution in [2.75, 3.05) is 13.1 Å². The third-order valence-corrected chi connectivity index (χ3v) is 8.55. The Labute approximate surface area is 148 Å². The van der Waals surface area contributed by atoms with Gasteiger partial charge in [-0.1, -0.05) is 13.0 Å². The molecule has 2 fully saturated rings. The van der Waals surface area contributed by atoms with Gasteiger partial charge in [0.25, 0.3) is 10.0 Å². The van der Waals surface area contributed by atoms with E-state index in [9.17, 15) is 13.2 Å². The lowest BCUT2D eigenvalue weighted by molar-refractivity contribution is -0.127. The number of amides is 1. The van der Waals surface area contributed by atoms with Crippen LogP contribution in [0, 0.1) is 11.8 Å². The van der Waals surface area contributed by atoms with Crippen LogP contribution in [0.4, 0.5) is 0 Å². The van der Waals surface area contributed by atoms with Crippen LogP contribution >= 0.6 is 11.3 Å². The maximum absolute atomic E-state index is 12.5. The van der Waals surface area contributed by atoms with Crippen molar-refractivity contribution in [3.63, 3.8) is 0 Å². The molecule has 1 saturated carbocycles. The minimum atomic E-state index is -3.38. The Kier molecular flexibility index (Phi) is 5.62. The molecule has 2 aliphatic rings. The predicted molar refractivity (Wildman–Crippen MR) is 95.4 cm³/mol. The molecule has 1 aromatic heterocycles. The second kappa shape index (κ2) is 7.54. The van der Waals surface area contributed by atoms with Crippen LogP contribution in [0.2, 0.25) is 0 Å². The number of rotatable bonds is 4. The van der Waals surface area contributed by atoms with E-state index in [0.717, 1.165) is 18.8 Å². The lowest BCUT2D eigenvalue weighted by atomic mass is 9.87. The SMILES string of the molecule is CC1CCC(NC(=O)C2CCN(S(=O)(=O)c3cccs3)CC2)CC1. The third-order valence-electron chi connectivity index (χ3n) is 5.28. The Morgan fingerprint density at radius 1 is 1.17 bits per heavy atom. The number of piperidine rings is 1. The minimum Gasteiger partial charge on any atom is -0.353 e. The molecule has 24 heavy (non-hydrogen) atoms. The predicted octanol–water partition coefficient (Wildman–Crippen LogP) is 2.84. The number of nitrogens with zero attached hydrogens (tertiary/aromatic N) is 1. The molecule has 2 heterocycles. The van der Waals surface area contributed by atoms with Crippen LogP contribution in [0.25, 0.3) is 0 Å². The Balaban J connectivity index is 1.51. The first-order chi connectivity index (χ1) is 11.5. The fourth-order valence-corrected chi connectivity index (χ4v) is 6.23. The van der Waals surface area contributed by atoms with E-state index in [0.29, 0.717) is 36.2 Å². The summed E-state index contributed by atoms with van der Waals surface area (Å²) in [6.45, 7) is 3.13. The molecule has 1 N–H and O–H groups in total. The molecule has 0 radical (unpaired) electrons. The monoisotopic (exact) mass is 370 g/mol. The molecule has 134 valence electrons. The van der Waals surface area contributed by atoms with Crippen LogP contribution in [0.3, 0.4) is 0 Å². The van der Waals surface area contributed by atoms with Crippen molar-refractivity contribution in [1.29, 1.82) is 0 Å². The van der Waals surface area contributed by atoms with Gasteiger partial charge in [0.05, 0.1) is 0 Å². The molecule has 3 rings (SSSR count). The summed E-state index contributed by atoms with van der Waals surface area (Å²) in [6.07, 6.45) is 5.72. The molecule has 0 unspecified atom stereocenters. The highest BCUT2D eigenvalue weighted by Crippen LogP contribution is 2.27. The summed E-state index contributed by atoms with van der Waals surface area (Å²) >= 11 is 1.25. The average molecular weight is 371 g/mol. The standard InChI is InChI=1S/C17H26N2O3S2/c1-13-4-6-15(7-5-13)18-17(20)14-8-10-19(11-9-14)24(21,22)16-3-2-12-23-16/h2-3,12-15H,4-11H2,1H3,(H,18,20). The van der Waals surface area contributed by atoms with Gasteiger partial charge in [-0.15, -0.1) is 11.3 Å². The molecule has 5 nitrogen and oxygen atoms in total. The number of carbonyl (C=O) groups excluding carboxylic acids is 1. The molecule has 0 aromatic carbocycles. The van der Waals surface area contributed by atoms with Gasteiger partial charge in [-0.05, 0) is 55.9 Å². The molecule has 1 aliphatic heterocycles. The summed E-state index contributed by atoms with van der Waals surface area (Å²) in [4.78, 5) is 12.5. The Morgan fingerprint density at radius 2 is 1.83 bits per heavy atom. The number of thiophene rings is 1. The minimum absolute atomic E-state index is 0.0564. The largest absolute Gasteiger partial charge is 0.353 e. The molecule has 7 heteroatoms. The van der Waals surface area contributed by atoms with Crippen molar-refractivity contribution < 1.29 is 13.2 Å². The number of nitrogens with one attached hydrogen (secondary N) is 1. The van der Waals surface area contributed by atoms with Gasteiger partial charge in [0, 0.05) is 25.0 Å². The fraction of sp³-hybridized carbons (Fsp3) is 0.706. The molecular weight excluding hydrogens is 344 g/mol. The zero-order chi connectivity index (χ0) is 17.2. The number of hydrogen-bond donors (Lipinski definition) is 1. The molecule has 1 aromatic rings. The lowest BCUT2D eigenvalue weighted by Crippen LogP contribution is -2.45. The Bertz CT molecular complexity index is 641.